The molecule has 24 heavy (non-hydrogen) atoms. The minimum absolute atomic E-state index is 0. The highest BCUT2D eigenvalue weighted by Crippen LogP contribution is 2.37. The summed E-state index contributed by atoms with van der Waals surface area (Å²) in [7, 11) is 0. The van der Waals surface area contributed by atoms with Gasteiger partial charge >= 0.3 is 0 Å². The van der Waals surface area contributed by atoms with E-state index in [1.807, 2.05) is 6.07 Å². The SMILES string of the molecule is Cl.Cl.NCC1(C(=O)NC2CCN(Cc3ccccc3)C2)CCCC1. The van der Waals surface area contributed by atoms with E-state index in [4.69, 9.17) is 5.73 Å². The average Bonchev–Trinajstić information content (AvgIpc) is 3.18. The number of amides is 1. The highest BCUT2D eigenvalue weighted by atomic mass is 35.5. The number of nitrogens with two attached hydrogens (primary N) is 1. The first-order valence-corrected chi connectivity index (χ1v) is 8.49. The van der Waals surface area contributed by atoms with Gasteiger partial charge in [-0.15, -0.1) is 24.8 Å². The van der Waals surface area contributed by atoms with Gasteiger partial charge in [0, 0.05) is 32.2 Å². The summed E-state index contributed by atoms with van der Waals surface area (Å²) in [4.78, 5) is 15.0. The second-order valence-corrected chi connectivity index (χ2v) is 6.87. The Hall–Kier alpha value is -0.810. The number of carbonyl (C=O) groups excluding carboxylic acids is 1. The standard InChI is InChI=1S/C18H27N3O.2ClH/c19-14-18(9-4-5-10-18)17(22)20-16-8-11-21(13-16)12-15-6-2-1-3-7-15;;/h1-3,6-7,16H,4-5,8-14,19H2,(H,20,22);2*1H. The lowest BCUT2D eigenvalue weighted by molar-refractivity contribution is -0.131. The van der Waals surface area contributed by atoms with Crippen molar-refractivity contribution in [2.24, 2.45) is 11.1 Å². The maximum atomic E-state index is 12.6. The molecule has 1 aliphatic carbocycles. The van der Waals surface area contributed by atoms with Gasteiger partial charge in [0.15, 0.2) is 0 Å². The molecule has 1 aromatic carbocycles. The van der Waals surface area contributed by atoms with Gasteiger partial charge in [0.25, 0.3) is 0 Å². The molecule has 136 valence electrons. The van der Waals surface area contributed by atoms with Gasteiger partial charge in [-0.25, -0.2) is 0 Å². The largest absolute Gasteiger partial charge is 0.352 e. The van der Waals surface area contributed by atoms with E-state index in [0.29, 0.717) is 6.54 Å². The number of benzene rings is 1. The highest BCUT2D eigenvalue weighted by Gasteiger charge is 2.41. The van der Waals surface area contributed by atoms with Crippen LogP contribution < -0.4 is 11.1 Å². The lowest BCUT2D eigenvalue weighted by Crippen LogP contribution is -2.48. The van der Waals surface area contributed by atoms with Crippen LogP contribution in [0.1, 0.15) is 37.7 Å². The maximum absolute atomic E-state index is 12.6. The maximum Gasteiger partial charge on any atom is 0.227 e. The fourth-order valence-corrected chi connectivity index (χ4v) is 3.85. The number of carbonyl (C=O) groups is 1. The highest BCUT2D eigenvalue weighted by molar-refractivity contribution is 5.85. The lowest BCUT2D eigenvalue weighted by Gasteiger charge is -2.28. The molecule has 0 radical (unpaired) electrons. The average molecular weight is 374 g/mol. The number of nitrogens with one attached hydrogen (secondary N) is 1. The Balaban J connectivity index is 0.00000144. The van der Waals surface area contributed by atoms with E-state index in [9.17, 15) is 4.79 Å². The van der Waals surface area contributed by atoms with Crippen molar-refractivity contribution in [2.45, 2.75) is 44.7 Å². The number of nitrogens with zero attached hydrogens (tertiary/aromatic N) is 1. The Labute approximate surface area is 157 Å². The first kappa shape index (κ1) is 21.2. The number of hydrogen-bond acceptors (Lipinski definition) is 3. The van der Waals surface area contributed by atoms with Crippen molar-refractivity contribution >= 4 is 30.7 Å². The molecule has 1 heterocycles. The molecule has 1 unspecified atom stereocenters. The summed E-state index contributed by atoms with van der Waals surface area (Å²) in [6.45, 7) is 3.45. The summed E-state index contributed by atoms with van der Waals surface area (Å²) >= 11 is 0. The number of likely N-dealkylation sites (tertiary alicyclic amines) is 1. The molecule has 6 heteroatoms. The normalized spacial score (nSPS) is 22.5. The van der Waals surface area contributed by atoms with Gasteiger partial charge in [0.05, 0.1) is 5.41 Å². The first-order valence-electron chi connectivity index (χ1n) is 8.49. The quantitative estimate of drug-likeness (QED) is 0.833. The van der Waals surface area contributed by atoms with Crippen LogP contribution in [0.5, 0.6) is 0 Å². The first-order chi connectivity index (χ1) is 10.7. The molecule has 1 aliphatic heterocycles. The van der Waals surface area contributed by atoms with Crippen molar-refractivity contribution < 1.29 is 4.79 Å². The smallest absolute Gasteiger partial charge is 0.227 e. The number of rotatable bonds is 5. The molecule has 1 amide bonds. The lowest BCUT2D eigenvalue weighted by atomic mass is 9.85. The van der Waals surface area contributed by atoms with Crippen LogP contribution in [0, 0.1) is 5.41 Å². The Morgan fingerprint density at radius 3 is 2.50 bits per heavy atom. The summed E-state index contributed by atoms with van der Waals surface area (Å²) in [6, 6.07) is 10.8. The third-order valence-corrected chi connectivity index (χ3v) is 5.29. The summed E-state index contributed by atoms with van der Waals surface area (Å²) in [5.74, 6) is 0.194. The van der Waals surface area contributed by atoms with Crippen molar-refractivity contribution in [3.8, 4) is 0 Å². The second kappa shape index (κ2) is 9.62. The zero-order valence-electron chi connectivity index (χ0n) is 14.1. The van der Waals surface area contributed by atoms with E-state index in [2.05, 4.69) is 34.5 Å². The molecule has 0 spiro atoms. The molecule has 1 saturated carbocycles. The van der Waals surface area contributed by atoms with Crippen LogP contribution in [-0.2, 0) is 11.3 Å². The molecular weight excluding hydrogens is 345 g/mol. The van der Waals surface area contributed by atoms with E-state index in [1.54, 1.807) is 0 Å². The van der Waals surface area contributed by atoms with Gasteiger partial charge in [-0.3, -0.25) is 9.69 Å². The van der Waals surface area contributed by atoms with Gasteiger partial charge in [-0.2, -0.15) is 0 Å². The second-order valence-electron chi connectivity index (χ2n) is 6.87. The van der Waals surface area contributed by atoms with Crippen LogP contribution in [0.2, 0.25) is 0 Å². The predicted octanol–water partition coefficient (Wildman–Crippen LogP) is 2.74. The predicted molar refractivity (Wildman–Crippen MR) is 103 cm³/mol. The Bertz CT molecular complexity index is 506. The Morgan fingerprint density at radius 1 is 1.21 bits per heavy atom. The summed E-state index contributed by atoms with van der Waals surface area (Å²) < 4.78 is 0. The van der Waals surface area contributed by atoms with Crippen LogP contribution in [0.25, 0.3) is 0 Å². The molecule has 3 N–H and O–H groups in total. The Morgan fingerprint density at radius 2 is 1.88 bits per heavy atom. The van der Waals surface area contributed by atoms with Crippen LogP contribution in [0.3, 0.4) is 0 Å². The van der Waals surface area contributed by atoms with Gasteiger partial charge in [-0.05, 0) is 24.8 Å². The molecule has 0 aromatic heterocycles. The third-order valence-electron chi connectivity index (χ3n) is 5.29. The molecule has 0 bridgehead atoms. The number of hydrogen-bond donors (Lipinski definition) is 2. The fraction of sp³-hybridized carbons (Fsp3) is 0.611. The monoisotopic (exact) mass is 373 g/mol. The van der Waals surface area contributed by atoms with Gasteiger partial charge < -0.3 is 11.1 Å². The van der Waals surface area contributed by atoms with Crippen LogP contribution in [0.15, 0.2) is 30.3 Å². The van der Waals surface area contributed by atoms with Crippen molar-refractivity contribution in [1.82, 2.24) is 10.2 Å². The van der Waals surface area contributed by atoms with E-state index in [-0.39, 0.29) is 42.2 Å². The minimum Gasteiger partial charge on any atom is -0.352 e. The minimum atomic E-state index is -0.285. The topological polar surface area (TPSA) is 58.4 Å². The van der Waals surface area contributed by atoms with Crippen LogP contribution in [0.4, 0.5) is 0 Å². The van der Waals surface area contributed by atoms with Crippen LogP contribution in [-0.4, -0.2) is 36.5 Å². The van der Waals surface area contributed by atoms with Gasteiger partial charge in [-0.1, -0.05) is 43.2 Å². The van der Waals surface area contributed by atoms with E-state index in [0.717, 1.165) is 51.7 Å². The fourth-order valence-electron chi connectivity index (χ4n) is 3.85. The molecule has 1 atom stereocenters. The van der Waals surface area contributed by atoms with E-state index in [1.165, 1.54) is 5.56 Å². The van der Waals surface area contributed by atoms with Gasteiger partial charge in [0.2, 0.25) is 5.91 Å². The summed E-state index contributed by atoms with van der Waals surface area (Å²) in [5.41, 5.74) is 6.95. The molecule has 2 aliphatic rings. The summed E-state index contributed by atoms with van der Waals surface area (Å²) in [5, 5.41) is 3.27. The van der Waals surface area contributed by atoms with Crippen molar-refractivity contribution in [1.29, 1.82) is 0 Å². The molecular formula is C18H29Cl2N3O. The van der Waals surface area contributed by atoms with Crippen LogP contribution >= 0.6 is 24.8 Å². The zero-order chi connectivity index (χ0) is 15.4. The van der Waals surface area contributed by atoms with E-state index >= 15 is 0 Å². The Kier molecular flexibility index (Phi) is 8.51. The van der Waals surface area contributed by atoms with Crippen molar-refractivity contribution in [3.63, 3.8) is 0 Å². The number of halogens is 2. The summed E-state index contributed by atoms with van der Waals surface area (Å²) in [6.07, 6.45) is 5.22. The molecule has 1 saturated heterocycles. The molecule has 2 fully saturated rings. The molecule has 3 rings (SSSR count). The third kappa shape index (κ3) is 4.85. The van der Waals surface area contributed by atoms with Gasteiger partial charge in [0.1, 0.15) is 0 Å². The van der Waals surface area contributed by atoms with E-state index < -0.39 is 0 Å². The molecule has 1 aromatic rings. The molecule has 4 nitrogen and oxygen atoms in total. The zero-order valence-corrected chi connectivity index (χ0v) is 15.7. The van der Waals surface area contributed by atoms with Crippen molar-refractivity contribution in [3.05, 3.63) is 35.9 Å². The van der Waals surface area contributed by atoms with Crippen molar-refractivity contribution in [2.75, 3.05) is 19.6 Å².